The summed E-state index contributed by atoms with van der Waals surface area (Å²) in [5, 5.41) is 5.06. The highest BCUT2D eigenvalue weighted by atomic mass is 32.1. The van der Waals surface area contributed by atoms with Crippen LogP contribution >= 0.6 is 11.3 Å². The van der Waals surface area contributed by atoms with Gasteiger partial charge in [0.25, 0.3) is 5.91 Å². The predicted molar refractivity (Wildman–Crippen MR) is 91.3 cm³/mol. The first-order chi connectivity index (χ1) is 11.0. The van der Waals surface area contributed by atoms with E-state index in [2.05, 4.69) is 5.32 Å². The quantitative estimate of drug-likeness (QED) is 0.881. The maximum atomic E-state index is 12.4. The number of nitrogens with one attached hydrogen (secondary N) is 1. The van der Waals surface area contributed by atoms with Crippen molar-refractivity contribution in [2.24, 2.45) is 17.6 Å². The van der Waals surface area contributed by atoms with Gasteiger partial charge in [0.2, 0.25) is 5.91 Å². The minimum Gasteiger partial charge on any atom is -0.351 e. The summed E-state index contributed by atoms with van der Waals surface area (Å²) in [6.07, 6.45) is 5.56. The van der Waals surface area contributed by atoms with Crippen LogP contribution in [0.25, 0.3) is 0 Å². The van der Waals surface area contributed by atoms with E-state index in [9.17, 15) is 9.59 Å². The lowest BCUT2D eigenvalue weighted by molar-refractivity contribution is -0.123. The highest BCUT2D eigenvalue weighted by Gasteiger charge is 2.39. The molecule has 0 aliphatic heterocycles. The maximum absolute atomic E-state index is 12.4. The second-order valence-electron chi connectivity index (χ2n) is 6.91. The Morgan fingerprint density at radius 1 is 1.35 bits per heavy atom. The summed E-state index contributed by atoms with van der Waals surface area (Å²) in [6.45, 7) is 0.110. The Labute approximate surface area is 141 Å². The molecule has 1 aromatic heterocycles. The molecule has 6 heteroatoms. The molecule has 2 saturated carbocycles. The van der Waals surface area contributed by atoms with Crippen LogP contribution in [0.5, 0.6) is 0 Å². The van der Waals surface area contributed by atoms with E-state index in [4.69, 9.17) is 5.73 Å². The van der Waals surface area contributed by atoms with Crippen LogP contribution in [0.15, 0.2) is 17.5 Å². The van der Waals surface area contributed by atoms with Gasteiger partial charge in [0.15, 0.2) is 0 Å². The van der Waals surface area contributed by atoms with E-state index >= 15 is 0 Å². The van der Waals surface area contributed by atoms with Crippen LogP contribution in [0, 0.1) is 11.8 Å². The predicted octanol–water partition coefficient (Wildman–Crippen LogP) is 1.84. The van der Waals surface area contributed by atoms with Gasteiger partial charge in [0.05, 0.1) is 11.4 Å². The minimum atomic E-state index is -0.0963. The molecule has 3 N–H and O–H groups in total. The molecule has 2 fully saturated rings. The normalized spacial score (nSPS) is 29.8. The molecule has 2 aliphatic carbocycles. The minimum absolute atomic E-state index is 0.0604. The van der Waals surface area contributed by atoms with Crippen molar-refractivity contribution in [2.45, 2.75) is 44.2 Å². The van der Waals surface area contributed by atoms with E-state index in [1.54, 1.807) is 13.1 Å². The van der Waals surface area contributed by atoms with Crippen molar-refractivity contribution < 1.29 is 9.59 Å². The SMILES string of the molecule is CN(CC(=O)NC1C2CCCC1CC(N)C2)C(=O)c1cccs1. The van der Waals surface area contributed by atoms with Gasteiger partial charge in [0, 0.05) is 19.1 Å². The van der Waals surface area contributed by atoms with Gasteiger partial charge in [-0.3, -0.25) is 9.59 Å². The van der Waals surface area contributed by atoms with E-state index in [0.717, 1.165) is 25.7 Å². The number of nitrogens with two attached hydrogens (primary N) is 1. The Morgan fingerprint density at radius 3 is 2.65 bits per heavy atom. The molecule has 0 radical (unpaired) electrons. The van der Waals surface area contributed by atoms with E-state index in [-0.39, 0.29) is 30.4 Å². The average Bonchev–Trinajstić information content (AvgIpc) is 3.01. The number of fused-ring (bicyclic) bond motifs is 2. The first kappa shape index (κ1) is 16.5. The smallest absolute Gasteiger partial charge is 0.264 e. The van der Waals surface area contributed by atoms with Crippen LogP contribution in [0.2, 0.25) is 0 Å². The second-order valence-corrected chi connectivity index (χ2v) is 7.86. The number of rotatable bonds is 4. The largest absolute Gasteiger partial charge is 0.351 e. The number of likely N-dealkylation sites (N-methyl/N-ethyl adjacent to an activating group) is 1. The molecule has 3 rings (SSSR count). The third-order valence-electron chi connectivity index (χ3n) is 5.16. The van der Waals surface area contributed by atoms with Crippen LogP contribution in [-0.4, -0.2) is 42.4 Å². The zero-order chi connectivity index (χ0) is 16.4. The molecule has 2 bridgehead atoms. The summed E-state index contributed by atoms with van der Waals surface area (Å²) in [7, 11) is 1.68. The Kier molecular flexibility index (Phi) is 5.02. The van der Waals surface area contributed by atoms with Gasteiger partial charge in [-0.15, -0.1) is 11.3 Å². The van der Waals surface area contributed by atoms with Crippen molar-refractivity contribution in [3.8, 4) is 0 Å². The van der Waals surface area contributed by atoms with Gasteiger partial charge >= 0.3 is 0 Å². The Morgan fingerprint density at radius 2 is 2.04 bits per heavy atom. The summed E-state index contributed by atoms with van der Waals surface area (Å²) >= 11 is 1.40. The van der Waals surface area contributed by atoms with E-state index < -0.39 is 0 Å². The molecule has 2 atom stereocenters. The van der Waals surface area contributed by atoms with Gasteiger partial charge in [-0.1, -0.05) is 12.5 Å². The molecule has 1 aromatic rings. The molecule has 2 unspecified atom stereocenters. The fourth-order valence-corrected chi connectivity index (χ4v) is 4.85. The number of thiophene rings is 1. The topological polar surface area (TPSA) is 75.4 Å². The molecular formula is C17H25N3O2S. The monoisotopic (exact) mass is 335 g/mol. The first-order valence-corrected chi connectivity index (χ1v) is 9.26. The van der Waals surface area contributed by atoms with Crippen LogP contribution in [0.1, 0.15) is 41.8 Å². The molecule has 5 nitrogen and oxygen atoms in total. The third kappa shape index (κ3) is 3.75. The summed E-state index contributed by atoms with van der Waals surface area (Å²) in [5.41, 5.74) is 6.13. The van der Waals surface area contributed by atoms with Crippen LogP contribution in [0.3, 0.4) is 0 Å². The molecule has 2 amide bonds. The summed E-state index contributed by atoms with van der Waals surface area (Å²) in [4.78, 5) is 26.7. The Hall–Kier alpha value is -1.40. The number of hydrogen-bond acceptors (Lipinski definition) is 4. The maximum Gasteiger partial charge on any atom is 0.264 e. The lowest BCUT2D eigenvalue weighted by Gasteiger charge is -2.45. The molecule has 126 valence electrons. The highest BCUT2D eigenvalue weighted by Crippen LogP contribution is 2.39. The number of amides is 2. The van der Waals surface area contributed by atoms with Crippen molar-refractivity contribution in [2.75, 3.05) is 13.6 Å². The highest BCUT2D eigenvalue weighted by molar-refractivity contribution is 7.12. The molecule has 23 heavy (non-hydrogen) atoms. The fraction of sp³-hybridized carbons (Fsp3) is 0.647. The van der Waals surface area contributed by atoms with Crippen molar-refractivity contribution in [3.63, 3.8) is 0 Å². The van der Waals surface area contributed by atoms with Gasteiger partial charge in [-0.2, -0.15) is 0 Å². The van der Waals surface area contributed by atoms with E-state index in [1.165, 1.54) is 22.7 Å². The van der Waals surface area contributed by atoms with Crippen molar-refractivity contribution in [1.82, 2.24) is 10.2 Å². The lowest BCUT2D eigenvalue weighted by atomic mass is 9.67. The van der Waals surface area contributed by atoms with Crippen LogP contribution in [-0.2, 0) is 4.79 Å². The van der Waals surface area contributed by atoms with Gasteiger partial charge in [-0.25, -0.2) is 0 Å². The first-order valence-electron chi connectivity index (χ1n) is 8.38. The molecule has 1 heterocycles. The standard InChI is InChI=1S/C17H25N3O2S/c1-20(17(22)14-6-3-7-23-14)10-15(21)19-16-11-4-2-5-12(16)9-13(18)8-11/h3,6-7,11-13,16H,2,4-5,8-10,18H2,1H3,(H,19,21). The van der Waals surface area contributed by atoms with Crippen LogP contribution < -0.4 is 11.1 Å². The van der Waals surface area contributed by atoms with Gasteiger partial charge in [0.1, 0.15) is 0 Å². The Balaban J connectivity index is 1.56. The molecule has 0 saturated heterocycles. The number of hydrogen-bond donors (Lipinski definition) is 2. The molecule has 2 aliphatic rings. The second kappa shape index (κ2) is 7.01. The average molecular weight is 335 g/mol. The van der Waals surface area contributed by atoms with Crippen LogP contribution in [0.4, 0.5) is 0 Å². The van der Waals surface area contributed by atoms with Crippen molar-refractivity contribution in [3.05, 3.63) is 22.4 Å². The fourth-order valence-electron chi connectivity index (χ4n) is 4.13. The zero-order valence-electron chi connectivity index (χ0n) is 13.5. The number of carbonyl (C=O) groups is 2. The van der Waals surface area contributed by atoms with E-state index in [1.807, 2.05) is 11.4 Å². The summed E-state index contributed by atoms with van der Waals surface area (Å²) in [5.74, 6) is 0.843. The van der Waals surface area contributed by atoms with E-state index in [0.29, 0.717) is 16.7 Å². The van der Waals surface area contributed by atoms with Crippen molar-refractivity contribution in [1.29, 1.82) is 0 Å². The molecule has 0 spiro atoms. The molecular weight excluding hydrogens is 310 g/mol. The number of nitrogens with zero attached hydrogens (tertiary/aromatic N) is 1. The summed E-state index contributed by atoms with van der Waals surface area (Å²) in [6, 6.07) is 4.15. The lowest BCUT2D eigenvalue weighted by Crippen LogP contribution is -2.55. The molecule has 0 aromatic carbocycles. The van der Waals surface area contributed by atoms with Gasteiger partial charge < -0.3 is 16.0 Å². The van der Waals surface area contributed by atoms with Gasteiger partial charge in [-0.05, 0) is 49.0 Å². The summed E-state index contributed by atoms with van der Waals surface area (Å²) < 4.78 is 0. The Bertz CT molecular complexity index is 546. The number of carbonyl (C=O) groups excluding carboxylic acids is 2. The zero-order valence-corrected chi connectivity index (χ0v) is 14.3. The third-order valence-corrected chi connectivity index (χ3v) is 6.02. The van der Waals surface area contributed by atoms with Crippen molar-refractivity contribution >= 4 is 23.2 Å².